The molecule has 1 atom stereocenters. The minimum atomic E-state index is -0.600. The Morgan fingerprint density at radius 2 is 2.03 bits per heavy atom. The van der Waals surface area contributed by atoms with Gasteiger partial charge in [0.15, 0.2) is 11.5 Å². The van der Waals surface area contributed by atoms with Crippen LogP contribution in [-0.2, 0) is 14.3 Å². The van der Waals surface area contributed by atoms with E-state index in [1.165, 1.54) is 0 Å². The second kappa shape index (κ2) is 10.9. The molecule has 1 heterocycles. The Balaban J connectivity index is 2.20. The van der Waals surface area contributed by atoms with Gasteiger partial charge in [-0.25, -0.2) is 0 Å². The van der Waals surface area contributed by atoms with Crippen LogP contribution in [0.2, 0.25) is 0 Å². The van der Waals surface area contributed by atoms with Crippen molar-refractivity contribution in [2.45, 2.75) is 39.7 Å². The highest BCUT2D eigenvalue weighted by atomic mass is 127. The van der Waals surface area contributed by atoms with Crippen LogP contribution in [0.1, 0.15) is 39.2 Å². The quantitative estimate of drug-likeness (QED) is 0.263. The largest absolute Gasteiger partial charge is 0.493 e. The number of hydrogen-bond donors (Lipinski definition) is 0. The standard InChI is InChI=1S/C20H24INO6S/c1-5-7-27-18-14(21)8-13(9-15(18)26-4)10-16-19(24)22(20(25)29-16)11-17(23)28-12(3)6-2/h8-10,12H,5-7,11H2,1-4H3/b16-10-/t12-/m0/s1. The molecule has 0 aliphatic carbocycles. The Morgan fingerprint density at radius 1 is 1.31 bits per heavy atom. The average Bonchev–Trinajstić information content (AvgIpc) is 2.93. The zero-order valence-electron chi connectivity index (χ0n) is 16.8. The van der Waals surface area contributed by atoms with Crippen molar-refractivity contribution in [3.63, 3.8) is 0 Å². The molecule has 1 aromatic carbocycles. The van der Waals surface area contributed by atoms with Crippen molar-refractivity contribution in [3.05, 3.63) is 26.2 Å². The molecule has 1 fully saturated rings. The molecule has 0 bridgehead atoms. The number of carbonyl (C=O) groups is 3. The number of nitrogens with zero attached hydrogens (tertiary/aromatic N) is 1. The van der Waals surface area contributed by atoms with Gasteiger partial charge in [0.05, 0.1) is 28.3 Å². The number of thioether (sulfide) groups is 1. The maximum atomic E-state index is 12.6. The maximum absolute atomic E-state index is 12.6. The van der Waals surface area contributed by atoms with Gasteiger partial charge in [-0.05, 0) is 77.9 Å². The van der Waals surface area contributed by atoms with Gasteiger partial charge in [0, 0.05) is 0 Å². The summed E-state index contributed by atoms with van der Waals surface area (Å²) in [7, 11) is 1.55. The van der Waals surface area contributed by atoms with Crippen molar-refractivity contribution in [2.75, 3.05) is 20.3 Å². The van der Waals surface area contributed by atoms with Gasteiger partial charge in [-0.2, -0.15) is 0 Å². The Labute approximate surface area is 188 Å². The molecule has 1 aliphatic heterocycles. The first-order valence-corrected chi connectivity index (χ1v) is 11.1. The van der Waals surface area contributed by atoms with Crippen molar-refractivity contribution >= 4 is 57.5 Å². The zero-order chi connectivity index (χ0) is 21.6. The van der Waals surface area contributed by atoms with Crippen LogP contribution < -0.4 is 9.47 Å². The van der Waals surface area contributed by atoms with Crippen LogP contribution in [-0.4, -0.2) is 48.4 Å². The van der Waals surface area contributed by atoms with E-state index in [-0.39, 0.29) is 11.0 Å². The Bertz CT molecular complexity index is 825. The van der Waals surface area contributed by atoms with Crippen LogP contribution >= 0.6 is 34.4 Å². The lowest BCUT2D eigenvalue weighted by atomic mass is 10.2. The number of amides is 2. The highest BCUT2D eigenvalue weighted by Gasteiger charge is 2.37. The molecule has 0 saturated carbocycles. The van der Waals surface area contributed by atoms with Gasteiger partial charge in [-0.1, -0.05) is 13.8 Å². The number of benzene rings is 1. The summed E-state index contributed by atoms with van der Waals surface area (Å²) in [6.07, 6.45) is 2.87. The van der Waals surface area contributed by atoms with E-state index in [1.807, 2.05) is 19.9 Å². The van der Waals surface area contributed by atoms with Gasteiger partial charge >= 0.3 is 5.97 Å². The van der Waals surface area contributed by atoms with Gasteiger partial charge < -0.3 is 14.2 Å². The van der Waals surface area contributed by atoms with Gasteiger partial charge in [0.1, 0.15) is 6.54 Å². The molecule has 0 N–H and O–H groups in total. The summed E-state index contributed by atoms with van der Waals surface area (Å²) in [4.78, 5) is 37.9. The van der Waals surface area contributed by atoms with Crippen molar-refractivity contribution in [1.29, 1.82) is 0 Å². The number of methoxy groups -OCH3 is 1. The summed E-state index contributed by atoms with van der Waals surface area (Å²) in [5, 5.41) is -0.494. The molecule has 2 rings (SSSR count). The van der Waals surface area contributed by atoms with Gasteiger partial charge in [0.2, 0.25) is 0 Å². The van der Waals surface area contributed by atoms with E-state index in [2.05, 4.69) is 22.6 Å². The summed E-state index contributed by atoms with van der Waals surface area (Å²) in [6, 6.07) is 3.59. The normalized spacial score (nSPS) is 16.3. The predicted octanol–water partition coefficient (Wildman–Crippen LogP) is 4.47. The number of ether oxygens (including phenoxy) is 3. The lowest BCUT2D eigenvalue weighted by Gasteiger charge is -2.15. The molecular weight excluding hydrogens is 509 g/mol. The predicted molar refractivity (Wildman–Crippen MR) is 120 cm³/mol. The van der Waals surface area contributed by atoms with Crippen LogP contribution in [0.25, 0.3) is 6.08 Å². The summed E-state index contributed by atoms with van der Waals surface area (Å²) >= 11 is 2.94. The number of esters is 1. The van der Waals surface area contributed by atoms with E-state index >= 15 is 0 Å². The fourth-order valence-electron chi connectivity index (χ4n) is 2.43. The van der Waals surface area contributed by atoms with E-state index in [4.69, 9.17) is 14.2 Å². The van der Waals surface area contributed by atoms with E-state index in [0.717, 1.165) is 26.7 Å². The van der Waals surface area contributed by atoms with Gasteiger partial charge in [0.25, 0.3) is 11.1 Å². The third-order valence-corrected chi connectivity index (χ3v) is 5.78. The first-order chi connectivity index (χ1) is 13.8. The van der Waals surface area contributed by atoms with E-state index in [9.17, 15) is 14.4 Å². The SMILES string of the molecule is CCCOc1c(I)cc(/C=C2\SC(=O)N(CC(=O)O[C@@H](C)CC)C2=O)cc1OC. The highest BCUT2D eigenvalue weighted by Crippen LogP contribution is 2.37. The Hall–Kier alpha value is -1.75. The van der Waals surface area contributed by atoms with Crippen molar-refractivity contribution in [3.8, 4) is 11.5 Å². The second-order valence-electron chi connectivity index (χ2n) is 6.36. The molecule has 0 unspecified atom stereocenters. The summed E-state index contributed by atoms with van der Waals surface area (Å²) in [5.74, 6) is 0.0823. The molecule has 1 aliphatic rings. The number of halogens is 1. The number of rotatable bonds is 9. The fourth-order valence-corrected chi connectivity index (χ4v) is 4.05. The molecule has 0 aromatic heterocycles. The first-order valence-electron chi connectivity index (χ1n) is 9.25. The van der Waals surface area contributed by atoms with Gasteiger partial charge in [-0.15, -0.1) is 0 Å². The molecule has 0 radical (unpaired) electrons. The number of imide groups is 1. The molecule has 1 aromatic rings. The molecule has 7 nitrogen and oxygen atoms in total. The van der Waals surface area contributed by atoms with Crippen LogP contribution in [0.4, 0.5) is 4.79 Å². The smallest absolute Gasteiger partial charge is 0.326 e. The lowest BCUT2D eigenvalue weighted by Crippen LogP contribution is -2.35. The lowest BCUT2D eigenvalue weighted by molar-refractivity contribution is -0.150. The first kappa shape index (κ1) is 23.5. The molecule has 1 saturated heterocycles. The number of hydrogen-bond acceptors (Lipinski definition) is 7. The maximum Gasteiger partial charge on any atom is 0.326 e. The van der Waals surface area contributed by atoms with Crippen molar-refractivity contribution in [2.24, 2.45) is 0 Å². The Kier molecular flexibility index (Phi) is 8.81. The van der Waals surface area contributed by atoms with Crippen LogP contribution in [0.5, 0.6) is 11.5 Å². The Morgan fingerprint density at radius 3 is 2.66 bits per heavy atom. The molecule has 158 valence electrons. The fraction of sp³-hybridized carbons (Fsp3) is 0.450. The van der Waals surface area contributed by atoms with E-state index in [0.29, 0.717) is 30.1 Å². The van der Waals surface area contributed by atoms with Crippen LogP contribution in [0.15, 0.2) is 17.0 Å². The zero-order valence-corrected chi connectivity index (χ0v) is 19.8. The molecule has 9 heteroatoms. The average molecular weight is 533 g/mol. The summed E-state index contributed by atoms with van der Waals surface area (Å²) in [5.41, 5.74) is 0.697. The molecule has 0 spiro atoms. The van der Waals surface area contributed by atoms with Crippen LogP contribution in [0, 0.1) is 3.57 Å². The monoisotopic (exact) mass is 533 g/mol. The minimum absolute atomic E-state index is 0.242. The summed E-state index contributed by atoms with van der Waals surface area (Å²) in [6.45, 7) is 5.83. The summed E-state index contributed by atoms with van der Waals surface area (Å²) < 4.78 is 17.1. The topological polar surface area (TPSA) is 82.1 Å². The third-order valence-electron chi connectivity index (χ3n) is 4.07. The molecule has 29 heavy (non-hydrogen) atoms. The van der Waals surface area contributed by atoms with Crippen molar-refractivity contribution in [1.82, 2.24) is 4.90 Å². The second-order valence-corrected chi connectivity index (χ2v) is 8.51. The highest BCUT2D eigenvalue weighted by molar-refractivity contribution is 14.1. The van der Waals surface area contributed by atoms with Crippen LogP contribution in [0.3, 0.4) is 0 Å². The van der Waals surface area contributed by atoms with E-state index in [1.54, 1.807) is 26.2 Å². The molecular formula is C20H24INO6S. The molecule has 2 amide bonds. The van der Waals surface area contributed by atoms with E-state index < -0.39 is 23.7 Å². The minimum Gasteiger partial charge on any atom is -0.493 e. The van der Waals surface area contributed by atoms with Gasteiger partial charge in [-0.3, -0.25) is 19.3 Å². The third kappa shape index (κ3) is 6.11. The van der Waals surface area contributed by atoms with Crippen molar-refractivity contribution < 1.29 is 28.6 Å². The number of carbonyl (C=O) groups excluding carboxylic acids is 3.